The molecule has 1 unspecified atom stereocenters. The first-order valence-electron chi connectivity index (χ1n) is 10.4. The molecule has 0 spiro atoms. The fourth-order valence-electron chi connectivity index (χ4n) is 3.97. The number of pyridine rings is 1. The molecule has 0 bridgehead atoms. The van der Waals surface area contributed by atoms with Crippen molar-refractivity contribution in [2.24, 2.45) is 0 Å². The summed E-state index contributed by atoms with van der Waals surface area (Å²) in [4.78, 5) is 31.5. The smallest absolute Gasteiger partial charge is 0.254 e. The second-order valence-electron chi connectivity index (χ2n) is 7.77. The molecule has 0 radical (unpaired) electrons. The van der Waals surface area contributed by atoms with Crippen molar-refractivity contribution in [2.75, 3.05) is 26.7 Å². The van der Waals surface area contributed by atoms with Crippen LogP contribution in [0.15, 0.2) is 73.1 Å². The number of ether oxygens (including phenoxy) is 1. The Bertz CT molecular complexity index is 1090. The Hall–Kier alpha value is -3.58. The number of halogens is 1. The molecule has 1 fully saturated rings. The lowest BCUT2D eigenvalue weighted by Crippen LogP contribution is -2.61. The van der Waals surface area contributed by atoms with E-state index in [1.165, 1.54) is 12.1 Å². The minimum atomic E-state index is -1.19. The Balaban J connectivity index is 1.56. The van der Waals surface area contributed by atoms with Crippen LogP contribution in [0.25, 0.3) is 11.1 Å². The number of hydrogen-bond donors (Lipinski definition) is 1. The van der Waals surface area contributed by atoms with E-state index in [1.54, 1.807) is 48.6 Å². The topological polar surface area (TPSA) is 71.5 Å². The Morgan fingerprint density at radius 1 is 1.03 bits per heavy atom. The van der Waals surface area contributed by atoms with Crippen LogP contribution < -0.4 is 5.32 Å². The standard InChI is InChI=1S/C25H24FN3O3/c1-27-24(31)25(17-29(14-15-32-25)23(30)21-10-12-28-13-11-21)16-18-2-4-19(5-3-18)20-6-8-22(26)9-7-20/h2-13H,14-17H2,1H3,(H,27,31). The molecule has 1 atom stereocenters. The molecule has 3 aromatic rings. The molecule has 2 amide bonds. The number of amides is 2. The second kappa shape index (κ2) is 9.28. The third-order valence-electron chi connectivity index (χ3n) is 5.66. The van der Waals surface area contributed by atoms with Crippen molar-refractivity contribution in [3.05, 3.63) is 90.0 Å². The third kappa shape index (κ3) is 4.53. The number of aromatic nitrogens is 1. The zero-order valence-corrected chi connectivity index (χ0v) is 17.8. The largest absolute Gasteiger partial charge is 0.361 e. The maximum absolute atomic E-state index is 13.2. The quantitative estimate of drug-likeness (QED) is 0.671. The molecule has 4 rings (SSSR count). The van der Waals surface area contributed by atoms with Gasteiger partial charge in [-0.25, -0.2) is 4.39 Å². The number of rotatable bonds is 5. The highest BCUT2D eigenvalue weighted by Crippen LogP contribution is 2.27. The van der Waals surface area contributed by atoms with Gasteiger partial charge in [-0.3, -0.25) is 14.6 Å². The molecule has 32 heavy (non-hydrogen) atoms. The first-order valence-corrected chi connectivity index (χ1v) is 10.4. The van der Waals surface area contributed by atoms with E-state index in [0.717, 1.165) is 16.7 Å². The Morgan fingerprint density at radius 3 is 2.28 bits per heavy atom. The van der Waals surface area contributed by atoms with Crippen LogP contribution in [0.4, 0.5) is 4.39 Å². The van der Waals surface area contributed by atoms with Gasteiger partial charge >= 0.3 is 0 Å². The summed E-state index contributed by atoms with van der Waals surface area (Å²) >= 11 is 0. The van der Waals surface area contributed by atoms with Crippen molar-refractivity contribution in [2.45, 2.75) is 12.0 Å². The SMILES string of the molecule is CNC(=O)C1(Cc2ccc(-c3ccc(F)cc3)cc2)CN(C(=O)c2ccncc2)CCO1. The van der Waals surface area contributed by atoms with Crippen LogP contribution in [0, 0.1) is 5.82 Å². The van der Waals surface area contributed by atoms with Crippen molar-refractivity contribution in [3.63, 3.8) is 0 Å². The lowest BCUT2D eigenvalue weighted by molar-refractivity contribution is -0.156. The normalized spacial score (nSPS) is 18.2. The summed E-state index contributed by atoms with van der Waals surface area (Å²) in [5.41, 5.74) is 2.09. The molecule has 0 aliphatic carbocycles. The van der Waals surface area contributed by atoms with E-state index in [2.05, 4.69) is 10.3 Å². The van der Waals surface area contributed by atoms with Crippen LogP contribution in [0.1, 0.15) is 15.9 Å². The first kappa shape index (κ1) is 21.6. The number of likely N-dealkylation sites (N-methyl/N-ethyl adjacent to an activating group) is 1. The van der Waals surface area contributed by atoms with Gasteiger partial charge in [0.2, 0.25) is 0 Å². The zero-order valence-electron chi connectivity index (χ0n) is 17.8. The highest BCUT2D eigenvalue weighted by Gasteiger charge is 2.44. The van der Waals surface area contributed by atoms with Crippen LogP contribution in [0.3, 0.4) is 0 Å². The molecule has 1 aromatic heterocycles. The first-order chi connectivity index (χ1) is 15.5. The van der Waals surface area contributed by atoms with E-state index in [-0.39, 0.29) is 30.8 Å². The van der Waals surface area contributed by atoms with E-state index in [0.29, 0.717) is 18.5 Å². The highest BCUT2D eigenvalue weighted by atomic mass is 19.1. The van der Waals surface area contributed by atoms with Gasteiger partial charge in [0.05, 0.1) is 13.2 Å². The average molecular weight is 433 g/mol. The van der Waals surface area contributed by atoms with Crippen LogP contribution in [0.5, 0.6) is 0 Å². The van der Waals surface area contributed by atoms with E-state index in [4.69, 9.17) is 4.74 Å². The number of nitrogens with zero attached hydrogens (tertiary/aromatic N) is 2. The van der Waals surface area contributed by atoms with Gasteiger partial charge in [-0.05, 0) is 41.0 Å². The van der Waals surface area contributed by atoms with Gasteiger partial charge in [0.1, 0.15) is 5.82 Å². The van der Waals surface area contributed by atoms with Gasteiger partial charge in [0.25, 0.3) is 11.8 Å². The lowest BCUT2D eigenvalue weighted by atomic mass is 9.90. The maximum Gasteiger partial charge on any atom is 0.254 e. The zero-order chi connectivity index (χ0) is 22.6. The molecular weight excluding hydrogens is 409 g/mol. The summed E-state index contributed by atoms with van der Waals surface area (Å²) < 4.78 is 19.2. The van der Waals surface area contributed by atoms with Crippen LogP contribution in [0.2, 0.25) is 0 Å². The van der Waals surface area contributed by atoms with E-state index >= 15 is 0 Å². The van der Waals surface area contributed by atoms with Crippen LogP contribution in [-0.4, -0.2) is 54.0 Å². The molecule has 1 aliphatic heterocycles. The van der Waals surface area contributed by atoms with Crippen molar-refractivity contribution < 1.29 is 18.7 Å². The van der Waals surface area contributed by atoms with Crippen molar-refractivity contribution >= 4 is 11.8 Å². The number of nitrogens with one attached hydrogen (secondary N) is 1. The molecule has 2 heterocycles. The van der Waals surface area contributed by atoms with Gasteiger partial charge in [0.15, 0.2) is 5.60 Å². The minimum absolute atomic E-state index is 0.146. The predicted octanol–water partition coefficient (Wildman–Crippen LogP) is 3.09. The van der Waals surface area contributed by atoms with Crippen molar-refractivity contribution in [1.82, 2.24) is 15.2 Å². The van der Waals surface area contributed by atoms with Crippen molar-refractivity contribution in [3.8, 4) is 11.1 Å². The van der Waals surface area contributed by atoms with Gasteiger partial charge < -0.3 is 15.0 Å². The molecule has 0 saturated carbocycles. The summed E-state index contributed by atoms with van der Waals surface area (Å²) in [7, 11) is 1.56. The molecule has 164 valence electrons. The summed E-state index contributed by atoms with van der Waals surface area (Å²) in [6, 6.07) is 17.3. The van der Waals surface area contributed by atoms with Crippen LogP contribution in [-0.2, 0) is 16.0 Å². The van der Waals surface area contributed by atoms with Gasteiger partial charge in [-0.1, -0.05) is 36.4 Å². The van der Waals surface area contributed by atoms with Crippen molar-refractivity contribution in [1.29, 1.82) is 0 Å². The molecule has 7 heteroatoms. The van der Waals surface area contributed by atoms with Gasteiger partial charge in [0, 0.05) is 38.0 Å². The minimum Gasteiger partial charge on any atom is -0.361 e. The Kier molecular flexibility index (Phi) is 6.28. The number of carbonyl (C=O) groups excluding carboxylic acids is 2. The highest BCUT2D eigenvalue weighted by molar-refractivity contribution is 5.95. The third-order valence-corrected chi connectivity index (χ3v) is 5.66. The number of benzene rings is 2. The Morgan fingerprint density at radius 2 is 1.66 bits per heavy atom. The van der Waals surface area contributed by atoms with E-state index in [1.807, 2.05) is 24.3 Å². The fourth-order valence-corrected chi connectivity index (χ4v) is 3.97. The lowest BCUT2D eigenvalue weighted by Gasteiger charge is -2.41. The van der Waals surface area contributed by atoms with Gasteiger partial charge in [-0.15, -0.1) is 0 Å². The molecule has 1 aliphatic rings. The molecule has 2 aromatic carbocycles. The maximum atomic E-state index is 13.2. The second-order valence-corrected chi connectivity index (χ2v) is 7.77. The average Bonchev–Trinajstić information content (AvgIpc) is 2.85. The van der Waals surface area contributed by atoms with Gasteiger partial charge in [-0.2, -0.15) is 0 Å². The number of morpholine rings is 1. The molecule has 1 saturated heterocycles. The summed E-state index contributed by atoms with van der Waals surface area (Å²) in [6.07, 6.45) is 3.46. The monoisotopic (exact) mass is 433 g/mol. The number of carbonyl (C=O) groups is 2. The fraction of sp³-hybridized carbons (Fsp3) is 0.240. The summed E-state index contributed by atoms with van der Waals surface area (Å²) in [6.45, 7) is 0.814. The Labute approximate surface area is 186 Å². The number of hydrogen-bond acceptors (Lipinski definition) is 4. The molecule has 1 N–H and O–H groups in total. The molecule has 6 nitrogen and oxygen atoms in total. The van der Waals surface area contributed by atoms with E-state index in [9.17, 15) is 14.0 Å². The molecular formula is C25H24FN3O3. The predicted molar refractivity (Wildman–Crippen MR) is 118 cm³/mol. The van der Waals surface area contributed by atoms with Crippen LogP contribution >= 0.6 is 0 Å². The van der Waals surface area contributed by atoms with E-state index < -0.39 is 5.60 Å². The summed E-state index contributed by atoms with van der Waals surface area (Å²) in [5.74, 6) is -0.707. The summed E-state index contributed by atoms with van der Waals surface area (Å²) in [5, 5.41) is 2.69.